The van der Waals surface area contributed by atoms with Crippen LogP contribution in [0.15, 0.2) is 18.2 Å². The van der Waals surface area contributed by atoms with E-state index >= 15 is 0 Å². The zero-order valence-corrected chi connectivity index (χ0v) is 12.9. The van der Waals surface area contributed by atoms with Crippen LogP contribution in [0.2, 0.25) is 5.02 Å². The van der Waals surface area contributed by atoms with Gasteiger partial charge in [0.15, 0.2) is 11.4 Å². The summed E-state index contributed by atoms with van der Waals surface area (Å²) in [5.41, 5.74) is -1.52. The van der Waals surface area contributed by atoms with Gasteiger partial charge in [-0.1, -0.05) is 11.6 Å². The molecular weight excluding hydrogens is 370 g/mol. The van der Waals surface area contributed by atoms with Crippen LogP contribution in [0.25, 0.3) is 21.1 Å². The van der Waals surface area contributed by atoms with Crippen LogP contribution < -0.4 is 0 Å². The third-order valence-corrected chi connectivity index (χ3v) is 4.33. The van der Waals surface area contributed by atoms with Crippen molar-refractivity contribution in [2.45, 2.75) is 6.18 Å². The van der Waals surface area contributed by atoms with E-state index in [0.717, 1.165) is 6.07 Å². The molecule has 0 spiro atoms. The molecule has 2 aromatic heterocycles. The minimum absolute atomic E-state index is 0.0360. The molecule has 1 N–H and O–H groups in total. The first-order chi connectivity index (χ1) is 11.3. The fourth-order valence-electron chi connectivity index (χ4n) is 1.89. The van der Waals surface area contributed by atoms with Gasteiger partial charge in [0.1, 0.15) is 22.6 Å². The fourth-order valence-corrected chi connectivity index (χ4v) is 3.15. The molecule has 0 saturated carbocycles. The second-order valence-corrected chi connectivity index (χ2v) is 5.86. The summed E-state index contributed by atoms with van der Waals surface area (Å²) in [7, 11) is 0. The SMILES string of the molecule is N#Cc1n[nH]nc1-c1sc(-c2ccc(F)c(Cl)c2)nc1C(F)(F)F. The zero-order valence-electron chi connectivity index (χ0n) is 11.3. The van der Waals surface area contributed by atoms with Crippen LogP contribution in [0.3, 0.4) is 0 Å². The summed E-state index contributed by atoms with van der Waals surface area (Å²) in [6.07, 6.45) is -4.76. The Balaban J connectivity index is 2.21. The van der Waals surface area contributed by atoms with Gasteiger partial charge in [0, 0.05) is 5.56 Å². The molecule has 0 atom stereocenters. The molecule has 122 valence electrons. The highest BCUT2D eigenvalue weighted by atomic mass is 35.5. The van der Waals surface area contributed by atoms with E-state index in [1.54, 1.807) is 6.07 Å². The van der Waals surface area contributed by atoms with Gasteiger partial charge in [-0.3, -0.25) is 0 Å². The zero-order chi connectivity index (χ0) is 17.5. The quantitative estimate of drug-likeness (QED) is 0.680. The summed E-state index contributed by atoms with van der Waals surface area (Å²) in [5.74, 6) is -0.698. The van der Waals surface area contributed by atoms with Crippen LogP contribution in [-0.2, 0) is 6.18 Å². The molecule has 1 aromatic carbocycles. The molecule has 0 amide bonds. The first kappa shape index (κ1) is 16.4. The van der Waals surface area contributed by atoms with Gasteiger partial charge in [-0.05, 0) is 18.2 Å². The van der Waals surface area contributed by atoms with Gasteiger partial charge in [0.25, 0.3) is 0 Å². The van der Waals surface area contributed by atoms with E-state index in [2.05, 4.69) is 20.4 Å². The number of thiazole rings is 1. The van der Waals surface area contributed by atoms with Crippen molar-refractivity contribution < 1.29 is 17.6 Å². The largest absolute Gasteiger partial charge is 0.434 e. The van der Waals surface area contributed by atoms with Crippen molar-refractivity contribution in [2.75, 3.05) is 0 Å². The van der Waals surface area contributed by atoms with Crippen molar-refractivity contribution in [3.05, 3.63) is 40.4 Å². The Morgan fingerprint density at radius 2 is 2.00 bits per heavy atom. The standard InChI is InChI=1S/C13H4ClF4N5S/c14-6-3-5(1-2-7(6)15)12-20-11(13(16,17)18)10(24-12)9-8(4-19)21-23-22-9/h1-3H,(H,21,22,23). The van der Waals surface area contributed by atoms with E-state index in [1.165, 1.54) is 12.1 Å². The second-order valence-electron chi connectivity index (χ2n) is 4.46. The number of hydrogen-bond donors (Lipinski definition) is 1. The Labute approximate surface area is 140 Å². The van der Waals surface area contributed by atoms with Gasteiger partial charge in [-0.2, -0.15) is 28.7 Å². The Hall–Kier alpha value is -2.51. The summed E-state index contributed by atoms with van der Waals surface area (Å²) < 4.78 is 53.0. The maximum absolute atomic E-state index is 13.3. The van der Waals surface area contributed by atoms with Gasteiger partial charge in [-0.15, -0.1) is 16.4 Å². The number of halogens is 5. The highest BCUT2D eigenvalue weighted by Gasteiger charge is 2.39. The van der Waals surface area contributed by atoms with E-state index in [-0.39, 0.29) is 31.9 Å². The molecule has 0 saturated heterocycles. The van der Waals surface area contributed by atoms with Gasteiger partial charge >= 0.3 is 6.18 Å². The van der Waals surface area contributed by atoms with Crippen LogP contribution in [0.1, 0.15) is 11.4 Å². The molecule has 5 nitrogen and oxygen atoms in total. The highest BCUT2D eigenvalue weighted by Crippen LogP contribution is 2.43. The third kappa shape index (κ3) is 2.83. The molecule has 24 heavy (non-hydrogen) atoms. The molecule has 0 aliphatic heterocycles. The maximum atomic E-state index is 13.3. The van der Waals surface area contributed by atoms with E-state index in [1.807, 2.05) is 0 Å². The van der Waals surface area contributed by atoms with Crippen LogP contribution in [-0.4, -0.2) is 20.4 Å². The molecule has 0 aliphatic carbocycles. The number of H-pyrrole nitrogens is 1. The normalized spacial score (nSPS) is 11.5. The molecule has 3 rings (SSSR count). The number of benzene rings is 1. The first-order valence-electron chi connectivity index (χ1n) is 6.16. The lowest BCUT2D eigenvalue weighted by molar-refractivity contribution is -0.140. The number of rotatable bonds is 2. The third-order valence-electron chi connectivity index (χ3n) is 2.93. The molecule has 11 heteroatoms. The lowest BCUT2D eigenvalue weighted by Crippen LogP contribution is -2.07. The monoisotopic (exact) mass is 373 g/mol. The first-order valence-corrected chi connectivity index (χ1v) is 7.35. The number of nitrogens with zero attached hydrogens (tertiary/aromatic N) is 4. The van der Waals surface area contributed by atoms with E-state index in [9.17, 15) is 17.6 Å². The van der Waals surface area contributed by atoms with Gasteiger partial charge in [0.2, 0.25) is 0 Å². The Morgan fingerprint density at radius 1 is 1.25 bits per heavy atom. The lowest BCUT2D eigenvalue weighted by Gasteiger charge is -2.03. The summed E-state index contributed by atoms with van der Waals surface area (Å²) >= 11 is 6.31. The van der Waals surface area contributed by atoms with Crippen molar-refractivity contribution in [3.8, 4) is 27.2 Å². The summed E-state index contributed by atoms with van der Waals surface area (Å²) in [6, 6.07) is 5.12. The number of nitriles is 1. The van der Waals surface area contributed by atoms with Crippen molar-refractivity contribution in [2.24, 2.45) is 0 Å². The van der Waals surface area contributed by atoms with Crippen molar-refractivity contribution in [3.63, 3.8) is 0 Å². The number of hydrogen-bond acceptors (Lipinski definition) is 5. The average molecular weight is 374 g/mol. The van der Waals surface area contributed by atoms with Crippen molar-refractivity contribution in [1.82, 2.24) is 20.4 Å². The smallest absolute Gasteiger partial charge is 0.231 e. The van der Waals surface area contributed by atoms with Crippen LogP contribution in [0.5, 0.6) is 0 Å². The number of aromatic amines is 1. The summed E-state index contributed by atoms with van der Waals surface area (Å²) in [4.78, 5) is 3.22. The van der Waals surface area contributed by atoms with Gasteiger partial charge in [-0.25, -0.2) is 9.37 Å². The van der Waals surface area contributed by atoms with Crippen LogP contribution in [0.4, 0.5) is 17.6 Å². The van der Waals surface area contributed by atoms with Gasteiger partial charge < -0.3 is 0 Å². The second kappa shape index (κ2) is 5.85. The molecule has 0 radical (unpaired) electrons. The minimum atomic E-state index is -4.76. The Bertz CT molecular complexity index is 956. The van der Waals surface area contributed by atoms with E-state index < -0.39 is 17.7 Å². The highest BCUT2D eigenvalue weighted by molar-refractivity contribution is 7.18. The molecule has 0 fully saturated rings. The molecule has 3 aromatic rings. The summed E-state index contributed by atoms with van der Waals surface area (Å²) in [5, 5.41) is 17.8. The Morgan fingerprint density at radius 3 is 2.62 bits per heavy atom. The summed E-state index contributed by atoms with van der Waals surface area (Å²) in [6.45, 7) is 0. The lowest BCUT2D eigenvalue weighted by atomic mass is 10.2. The van der Waals surface area contributed by atoms with Crippen LogP contribution in [0, 0.1) is 17.1 Å². The predicted molar refractivity (Wildman–Crippen MR) is 77.6 cm³/mol. The maximum Gasteiger partial charge on any atom is 0.434 e. The number of alkyl halides is 3. The topological polar surface area (TPSA) is 78.2 Å². The van der Waals surface area contributed by atoms with E-state index in [4.69, 9.17) is 16.9 Å². The van der Waals surface area contributed by atoms with Crippen molar-refractivity contribution in [1.29, 1.82) is 5.26 Å². The molecule has 0 unspecified atom stereocenters. The number of nitrogens with one attached hydrogen (secondary N) is 1. The van der Waals surface area contributed by atoms with E-state index in [0.29, 0.717) is 11.3 Å². The molecule has 2 heterocycles. The minimum Gasteiger partial charge on any atom is -0.231 e. The molecule has 0 bridgehead atoms. The fraction of sp³-hybridized carbons (Fsp3) is 0.0769. The molecule has 0 aliphatic rings. The average Bonchev–Trinajstić information content (AvgIpc) is 3.14. The van der Waals surface area contributed by atoms with Gasteiger partial charge in [0.05, 0.1) is 9.90 Å². The van der Waals surface area contributed by atoms with Crippen molar-refractivity contribution >= 4 is 22.9 Å². The van der Waals surface area contributed by atoms with Crippen LogP contribution >= 0.6 is 22.9 Å². The predicted octanol–water partition coefficient (Wildman–Crippen LogP) is 4.28. The molecular formula is C13H4ClF4N5S. The number of aromatic nitrogens is 4. The Kier molecular flexibility index (Phi) is 3.98.